The van der Waals surface area contributed by atoms with Gasteiger partial charge in [0.15, 0.2) is 0 Å². The molecule has 0 aromatic carbocycles. The van der Waals surface area contributed by atoms with Crippen LogP contribution in [0.4, 0.5) is 0 Å². The van der Waals surface area contributed by atoms with Crippen LogP contribution in [0, 0.1) is 5.92 Å². The molecule has 0 aromatic heterocycles. The molecule has 0 saturated heterocycles. The van der Waals surface area contributed by atoms with Crippen molar-refractivity contribution >= 4 is 10.9 Å². The molecule has 3 atom stereocenters. The molecule has 0 aromatic rings. The Labute approximate surface area is 73.4 Å². The first-order valence-electron chi connectivity index (χ1n) is 4.46. The third kappa shape index (κ3) is 2.55. The van der Waals surface area contributed by atoms with E-state index >= 15 is 0 Å². The average molecular weight is 171 g/mol. The zero-order valence-corrected chi connectivity index (χ0v) is 8.49. The fraction of sp³-hybridized carbons (Fsp3) is 0.800. The largest absolute Gasteiger partial charge is 0.126 e. The summed E-state index contributed by atoms with van der Waals surface area (Å²) in [6.45, 7) is 6.18. The molecular weight excluding hydrogens is 152 g/mol. The van der Waals surface area contributed by atoms with E-state index in [1.54, 1.807) is 0 Å². The summed E-state index contributed by atoms with van der Waals surface area (Å²) < 4.78 is 0. The first-order valence-corrected chi connectivity index (χ1v) is 6.32. The van der Waals surface area contributed by atoms with Crippen LogP contribution >= 0.6 is 0 Å². The maximum Gasteiger partial charge on any atom is 0.126 e. The molecule has 0 nitrogen and oxygen atoms in total. The molecule has 1 aliphatic carbocycles. The Morgan fingerprint density at radius 2 is 2.27 bits per heavy atom. The molecule has 0 radical (unpaired) electrons. The number of rotatable bonds is 3. The van der Waals surface area contributed by atoms with E-state index in [-0.39, 0.29) is 0 Å². The molecule has 0 amide bonds. The molecule has 1 rings (SSSR count). The monoisotopic (exact) mass is 171 g/mol. The SMILES string of the molecule is C=CC[S+](C)C1CCC(C)C1. The number of hydrogen-bond acceptors (Lipinski definition) is 0. The Kier molecular flexibility index (Phi) is 3.50. The summed E-state index contributed by atoms with van der Waals surface area (Å²) in [6, 6.07) is 0. The van der Waals surface area contributed by atoms with Crippen molar-refractivity contribution in [3.63, 3.8) is 0 Å². The minimum absolute atomic E-state index is 0.616. The summed E-state index contributed by atoms with van der Waals surface area (Å²) in [5.41, 5.74) is 0. The third-order valence-corrected chi connectivity index (χ3v) is 4.92. The van der Waals surface area contributed by atoms with Crippen molar-refractivity contribution in [3.05, 3.63) is 12.7 Å². The van der Waals surface area contributed by atoms with E-state index in [1.807, 2.05) is 0 Å². The van der Waals surface area contributed by atoms with Gasteiger partial charge in [-0.15, -0.1) is 0 Å². The van der Waals surface area contributed by atoms with Gasteiger partial charge in [-0.1, -0.05) is 13.5 Å². The zero-order chi connectivity index (χ0) is 8.27. The van der Waals surface area contributed by atoms with Crippen molar-refractivity contribution in [1.82, 2.24) is 0 Å². The lowest BCUT2D eigenvalue weighted by Gasteiger charge is -2.07. The van der Waals surface area contributed by atoms with Crippen molar-refractivity contribution < 1.29 is 0 Å². The van der Waals surface area contributed by atoms with E-state index in [4.69, 9.17) is 0 Å². The van der Waals surface area contributed by atoms with Gasteiger partial charge in [0.1, 0.15) is 11.0 Å². The van der Waals surface area contributed by atoms with Crippen LogP contribution in [0.5, 0.6) is 0 Å². The maximum atomic E-state index is 3.80. The zero-order valence-electron chi connectivity index (χ0n) is 7.68. The summed E-state index contributed by atoms with van der Waals surface area (Å²) in [6.07, 6.45) is 8.86. The lowest BCUT2D eigenvalue weighted by Crippen LogP contribution is -2.19. The summed E-state index contributed by atoms with van der Waals surface area (Å²) >= 11 is 0. The minimum Gasteiger partial charge on any atom is -0.0985 e. The lowest BCUT2D eigenvalue weighted by molar-refractivity contribution is 0.613. The molecule has 1 fully saturated rings. The molecule has 1 aliphatic rings. The predicted octanol–water partition coefficient (Wildman–Crippen LogP) is 2.61. The molecule has 1 saturated carbocycles. The van der Waals surface area contributed by atoms with Crippen LogP contribution in [0.15, 0.2) is 12.7 Å². The normalized spacial score (nSPS) is 33.6. The van der Waals surface area contributed by atoms with Crippen LogP contribution < -0.4 is 0 Å². The van der Waals surface area contributed by atoms with Crippen molar-refractivity contribution in [2.45, 2.75) is 31.4 Å². The fourth-order valence-electron chi connectivity index (χ4n) is 1.84. The lowest BCUT2D eigenvalue weighted by atomic mass is 10.1. The maximum absolute atomic E-state index is 3.80. The molecule has 3 unspecified atom stereocenters. The second kappa shape index (κ2) is 4.20. The summed E-state index contributed by atoms with van der Waals surface area (Å²) in [5, 5.41) is 1.02. The van der Waals surface area contributed by atoms with Crippen LogP contribution in [-0.2, 0) is 10.9 Å². The fourth-order valence-corrected chi connectivity index (χ4v) is 3.68. The van der Waals surface area contributed by atoms with Crippen LogP contribution in [0.1, 0.15) is 26.2 Å². The van der Waals surface area contributed by atoms with Crippen molar-refractivity contribution in [2.75, 3.05) is 12.0 Å². The van der Waals surface area contributed by atoms with E-state index in [0.29, 0.717) is 10.9 Å². The van der Waals surface area contributed by atoms with Crippen LogP contribution in [-0.4, -0.2) is 17.3 Å². The van der Waals surface area contributed by atoms with Gasteiger partial charge in [0.05, 0.1) is 6.26 Å². The van der Waals surface area contributed by atoms with Gasteiger partial charge >= 0.3 is 0 Å². The van der Waals surface area contributed by atoms with E-state index in [2.05, 4.69) is 25.8 Å². The molecular formula is C10H19S+. The van der Waals surface area contributed by atoms with Gasteiger partial charge in [-0.25, -0.2) is 0 Å². The first-order chi connectivity index (χ1) is 5.24. The second-order valence-corrected chi connectivity index (χ2v) is 6.07. The van der Waals surface area contributed by atoms with Crippen molar-refractivity contribution in [2.24, 2.45) is 5.92 Å². The van der Waals surface area contributed by atoms with E-state index in [1.165, 1.54) is 25.0 Å². The Bertz CT molecular complexity index is 131. The van der Waals surface area contributed by atoms with Crippen LogP contribution in [0.25, 0.3) is 0 Å². The smallest absolute Gasteiger partial charge is 0.0985 e. The summed E-state index contributed by atoms with van der Waals surface area (Å²) in [5.74, 6) is 2.22. The third-order valence-electron chi connectivity index (χ3n) is 2.60. The highest BCUT2D eigenvalue weighted by Gasteiger charge is 2.31. The quantitative estimate of drug-likeness (QED) is 0.452. The Balaban J connectivity index is 2.30. The van der Waals surface area contributed by atoms with Crippen LogP contribution in [0.2, 0.25) is 0 Å². The minimum atomic E-state index is 0.616. The topological polar surface area (TPSA) is 0 Å². The second-order valence-electron chi connectivity index (χ2n) is 3.69. The van der Waals surface area contributed by atoms with Crippen LogP contribution in [0.3, 0.4) is 0 Å². The predicted molar refractivity (Wildman–Crippen MR) is 55.2 cm³/mol. The Hall–Kier alpha value is 0.0900. The van der Waals surface area contributed by atoms with E-state index < -0.39 is 0 Å². The van der Waals surface area contributed by atoms with E-state index in [9.17, 15) is 0 Å². The first kappa shape index (κ1) is 9.18. The van der Waals surface area contributed by atoms with Gasteiger partial charge in [0.2, 0.25) is 0 Å². The van der Waals surface area contributed by atoms with Crippen molar-refractivity contribution in [1.29, 1.82) is 0 Å². The molecule has 0 N–H and O–H groups in total. The average Bonchev–Trinajstić information content (AvgIpc) is 2.36. The standard InChI is InChI=1S/C10H19S/c1-4-7-11(3)10-6-5-9(2)8-10/h4,9-10H,1,5-8H2,2-3H3/q+1. The Morgan fingerprint density at radius 3 is 2.73 bits per heavy atom. The van der Waals surface area contributed by atoms with Gasteiger partial charge in [-0.2, -0.15) is 0 Å². The van der Waals surface area contributed by atoms with Crippen molar-refractivity contribution in [3.8, 4) is 0 Å². The highest BCUT2D eigenvalue weighted by atomic mass is 32.2. The highest BCUT2D eigenvalue weighted by molar-refractivity contribution is 7.96. The molecule has 1 heteroatoms. The molecule has 64 valence electrons. The van der Waals surface area contributed by atoms with Gasteiger partial charge in [-0.05, 0) is 42.2 Å². The molecule has 0 heterocycles. The molecule has 0 aliphatic heterocycles. The van der Waals surface area contributed by atoms with Gasteiger partial charge in [-0.3, -0.25) is 0 Å². The van der Waals surface area contributed by atoms with E-state index in [0.717, 1.165) is 11.2 Å². The summed E-state index contributed by atoms with van der Waals surface area (Å²) in [4.78, 5) is 0. The number of hydrogen-bond donors (Lipinski definition) is 0. The molecule has 0 bridgehead atoms. The summed E-state index contributed by atoms with van der Waals surface area (Å²) in [7, 11) is 0.616. The molecule has 11 heavy (non-hydrogen) atoms. The van der Waals surface area contributed by atoms with Gasteiger partial charge in [0.25, 0.3) is 0 Å². The Morgan fingerprint density at radius 1 is 1.55 bits per heavy atom. The van der Waals surface area contributed by atoms with Gasteiger partial charge < -0.3 is 0 Å². The molecule has 0 spiro atoms. The van der Waals surface area contributed by atoms with Gasteiger partial charge in [0, 0.05) is 0 Å². The highest BCUT2D eigenvalue weighted by Crippen LogP contribution is 2.30.